The van der Waals surface area contributed by atoms with Gasteiger partial charge >= 0.3 is 0 Å². The number of para-hydroxylation sites is 1. The standard InChI is InChI=1S/C17H22N2O/c18-11-10-14-12-19(16-9-5-4-8-15(14)16)17(20)13-6-2-1-3-7-13/h4-5,8-9,12-13H,1-3,6-7,10-11,18H2. The van der Waals surface area contributed by atoms with E-state index in [4.69, 9.17) is 5.73 Å². The second-order valence-electron chi connectivity index (χ2n) is 5.75. The zero-order chi connectivity index (χ0) is 13.9. The van der Waals surface area contributed by atoms with Crippen LogP contribution in [0, 0.1) is 5.92 Å². The van der Waals surface area contributed by atoms with E-state index < -0.39 is 0 Å². The van der Waals surface area contributed by atoms with E-state index >= 15 is 0 Å². The van der Waals surface area contributed by atoms with E-state index in [2.05, 4.69) is 6.07 Å². The summed E-state index contributed by atoms with van der Waals surface area (Å²) in [6.07, 6.45) is 8.56. The lowest BCUT2D eigenvalue weighted by Crippen LogP contribution is -2.23. The second kappa shape index (κ2) is 5.80. The highest BCUT2D eigenvalue weighted by atomic mass is 16.2. The number of carbonyl (C=O) groups excluding carboxylic acids is 1. The van der Waals surface area contributed by atoms with Crippen molar-refractivity contribution in [1.82, 2.24) is 4.57 Å². The molecule has 0 saturated heterocycles. The molecular weight excluding hydrogens is 248 g/mol. The van der Waals surface area contributed by atoms with Crippen LogP contribution in [0.2, 0.25) is 0 Å². The quantitative estimate of drug-likeness (QED) is 0.929. The number of rotatable bonds is 3. The van der Waals surface area contributed by atoms with Gasteiger partial charge < -0.3 is 5.73 Å². The molecule has 106 valence electrons. The minimum atomic E-state index is 0.199. The minimum absolute atomic E-state index is 0.199. The fourth-order valence-corrected chi connectivity index (χ4v) is 3.33. The van der Waals surface area contributed by atoms with Gasteiger partial charge in [-0.2, -0.15) is 0 Å². The van der Waals surface area contributed by atoms with Crippen molar-refractivity contribution in [2.24, 2.45) is 11.7 Å². The Morgan fingerprint density at radius 3 is 2.70 bits per heavy atom. The Morgan fingerprint density at radius 1 is 1.20 bits per heavy atom. The molecule has 2 aromatic rings. The Hall–Kier alpha value is -1.61. The van der Waals surface area contributed by atoms with E-state index in [1.165, 1.54) is 30.2 Å². The lowest BCUT2D eigenvalue weighted by atomic mass is 9.88. The van der Waals surface area contributed by atoms with Gasteiger partial charge in [0.2, 0.25) is 5.91 Å². The van der Waals surface area contributed by atoms with Crippen LogP contribution in [0.15, 0.2) is 30.5 Å². The Bertz CT molecular complexity index is 608. The molecule has 0 atom stereocenters. The van der Waals surface area contributed by atoms with Crippen molar-refractivity contribution in [3.63, 3.8) is 0 Å². The molecule has 3 nitrogen and oxygen atoms in total. The first-order chi connectivity index (χ1) is 9.81. The Kier molecular flexibility index (Phi) is 3.88. The first-order valence-corrected chi connectivity index (χ1v) is 7.64. The van der Waals surface area contributed by atoms with Crippen molar-refractivity contribution in [1.29, 1.82) is 0 Å². The van der Waals surface area contributed by atoms with E-state index in [1.54, 1.807) is 0 Å². The third kappa shape index (κ3) is 2.38. The van der Waals surface area contributed by atoms with E-state index in [1.807, 2.05) is 29.0 Å². The molecule has 1 fully saturated rings. The Morgan fingerprint density at radius 2 is 1.95 bits per heavy atom. The molecule has 2 N–H and O–H groups in total. The maximum atomic E-state index is 12.8. The highest BCUT2D eigenvalue weighted by Gasteiger charge is 2.24. The van der Waals surface area contributed by atoms with E-state index in [9.17, 15) is 4.79 Å². The van der Waals surface area contributed by atoms with Crippen LogP contribution in [0.25, 0.3) is 10.9 Å². The molecule has 20 heavy (non-hydrogen) atoms. The predicted octanol–water partition coefficient (Wildman–Crippen LogP) is 3.36. The van der Waals surface area contributed by atoms with Gasteiger partial charge in [0.25, 0.3) is 0 Å². The number of hydrogen-bond donors (Lipinski definition) is 1. The number of aromatic nitrogens is 1. The lowest BCUT2D eigenvalue weighted by molar-refractivity contribution is 0.0807. The molecule has 0 amide bonds. The molecule has 0 spiro atoms. The summed E-state index contributed by atoms with van der Waals surface area (Å²) in [5, 5.41) is 1.17. The monoisotopic (exact) mass is 270 g/mol. The summed E-state index contributed by atoms with van der Waals surface area (Å²) in [6.45, 7) is 0.617. The molecule has 1 heterocycles. The van der Waals surface area contributed by atoms with Gasteiger partial charge in [0.1, 0.15) is 0 Å². The van der Waals surface area contributed by atoms with E-state index in [0.29, 0.717) is 6.54 Å². The number of fused-ring (bicyclic) bond motifs is 1. The molecule has 0 unspecified atom stereocenters. The van der Waals surface area contributed by atoms with Gasteiger partial charge in [-0.1, -0.05) is 37.5 Å². The highest BCUT2D eigenvalue weighted by Crippen LogP contribution is 2.28. The van der Waals surface area contributed by atoms with Gasteiger partial charge in [0, 0.05) is 17.5 Å². The van der Waals surface area contributed by atoms with Crippen molar-refractivity contribution in [3.8, 4) is 0 Å². The zero-order valence-corrected chi connectivity index (χ0v) is 11.8. The molecule has 1 aromatic heterocycles. The minimum Gasteiger partial charge on any atom is -0.330 e. The average molecular weight is 270 g/mol. The van der Waals surface area contributed by atoms with Gasteiger partial charge in [-0.3, -0.25) is 9.36 Å². The van der Waals surface area contributed by atoms with Crippen molar-refractivity contribution < 1.29 is 4.79 Å². The van der Waals surface area contributed by atoms with Gasteiger partial charge in [-0.25, -0.2) is 0 Å². The van der Waals surface area contributed by atoms with Crippen LogP contribution in [-0.2, 0) is 6.42 Å². The lowest BCUT2D eigenvalue weighted by Gasteiger charge is -2.20. The van der Waals surface area contributed by atoms with Gasteiger partial charge in [0.15, 0.2) is 0 Å². The van der Waals surface area contributed by atoms with Crippen LogP contribution in [0.1, 0.15) is 42.5 Å². The van der Waals surface area contributed by atoms with Gasteiger partial charge in [-0.05, 0) is 37.4 Å². The third-order valence-corrected chi connectivity index (χ3v) is 4.40. The molecule has 0 radical (unpaired) electrons. The van der Waals surface area contributed by atoms with Crippen molar-refractivity contribution in [3.05, 3.63) is 36.0 Å². The first kappa shape index (κ1) is 13.4. The van der Waals surface area contributed by atoms with Crippen LogP contribution >= 0.6 is 0 Å². The van der Waals surface area contributed by atoms with E-state index in [0.717, 1.165) is 24.8 Å². The number of nitrogens with zero attached hydrogens (tertiary/aromatic N) is 1. The van der Waals surface area contributed by atoms with Crippen LogP contribution in [0.4, 0.5) is 0 Å². The molecule has 3 rings (SSSR count). The van der Waals surface area contributed by atoms with E-state index in [-0.39, 0.29) is 11.8 Å². The fourth-order valence-electron chi connectivity index (χ4n) is 3.33. The summed E-state index contributed by atoms with van der Waals surface area (Å²) < 4.78 is 1.87. The number of carbonyl (C=O) groups is 1. The van der Waals surface area contributed by atoms with Gasteiger partial charge in [0.05, 0.1) is 5.52 Å². The highest BCUT2D eigenvalue weighted by molar-refractivity contribution is 5.95. The maximum Gasteiger partial charge on any atom is 0.234 e. The topological polar surface area (TPSA) is 48.0 Å². The molecule has 1 aromatic carbocycles. The summed E-state index contributed by atoms with van der Waals surface area (Å²) in [5.74, 6) is 0.467. The summed E-state index contributed by atoms with van der Waals surface area (Å²) in [7, 11) is 0. The van der Waals surface area contributed by atoms with Gasteiger partial charge in [-0.15, -0.1) is 0 Å². The predicted molar refractivity (Wildman–Crippen MR) is 81.9 cm³/mol. The van der Waals surface area contributed by atoms with Crippen LogP contribution < -0.4 is 5.73 Å². The van der Waals surface area contributed by atoms with Crippen LogP contribution in [-0.4, -0.2) is 17.0 Å². The molecular formula is C17H22N2O. The molecule has 1 saturated carbocycles. The van der Waals surface area contributed by atoms with Crippen molar-refractivity contribution in [2.75, 3.05) is 6.54 Å². The zero-order valence-electron chi connectivity index (χ0n) is 11.8. The SMILES string of the molecule is NCCc1cn(C(=O)C2CCCCC2)c2ccccc12. The average Bonchev–Trinajstić information content (AvgIpc) is 2.87. The maximum absolute atomic E-state index is 12.8. The molecule has 0 bridgehead atoms. The first-order valence-electron chi connectivity index (χ1n) is 7.64. The Balaban J connectivity index is 1.99. The molecule has 1 aliphatic rings. The smallest absolute Gasteiger partial charge is 0.234 e. The normalized spacial score (nSPS) is 16.6. The number of benzene rings is 1. The second-order valence-corrected chi connectivity index (χ2v) is 5.75. The molecule has 1 aliphatic carbocycles. The largest absolute Gasteiger partial charge is 0.330 e. The number of nitrogens with two attached hydrogens (primary N) is 1. The number of hydrogen-bond acceptors (Lipinski definition) is 2. The molecule has 3 heteroatoms. The van der Waals surface area contributed by atoms with Crippen LogP contribution in [0.5, 0.6) is 0 Å². The fraction of sp³-hybridized carbons (Fsp3) is 0.471. The Labute approximate surface area is 119 Å². The summed E-state index contributed by atoms with van der Waals surface area (Å²) in [5.41, 5.74) is 7.91. The summed E-state index contributed by atoms with van der Waals surface area (Å²) in [6, 6.07) is 8.15. The summed E-state index contributed by atoms with van der Waals surface area (Å²) >= 11 is 0. The van der Waals surface area contributed by atoms with Crippen molar-refractivity contribution in [2.45, 2.75) is 38.5 Å². The summed E-state index contributed by atoms with van der Waals surface area (Å²) in [4.78, 5) is 12.8. The third-order valence-electron chi connectivity index (χ3n) is 4.40. The van der Waals surface area contributed by atoms with Crippen molar-refractivity contribution >= 4 is 16.8 Å². The van der Waals surface area contributed by atoms with Crippen LogP contribution in [0.3, 0.4) is 0 Å². The molecule has 0 aliphatic heterocycles.